The lowest BCUT2D eigenvalue weighted by molar-refractivity contribution is 0.218. The molecule has 5 nitrogen and oxygen atoms in total. The second-order valence-electron chi connectivity index (χ2n) is 4.33. The van der Waals surface area contributed by atoms with Crippen LogP contribution in [0.1, 0.15) is 20.3 Å². The molecule has 1 heterocycles. The van der Waals surface area contributed by atoms with E-state index in [1.165, 1.54) is 0 Å². The topological polar surface area (TPSA) is 61.3 Å². The highest BCUT2D eigenvalue weighted by Crippen LogP contribution is 2.17. The van der Waals surface area contributed by atoms with E-state index < -0.39 is 0 Å². The normalized spacial score (nSPS) is 14.3. The second kappa shape index (κ2) is 5.12. The third-order valence-electron chi connectivity index (χ3n) is 2.60. The summed E-state index contributed by atoms with van der Waals surface area (Å²) in [5.74, 6) is 1.39. The molecule has 1 aromatic rings. The zero-order valence-electron chi connectivity index (χ0n) is 10.4. The van der Waals surface area contributed by atoms with E-state index in [9.17, 15) is 5.11 Å². The van der Waals surface area contributed by atoms with Crippen molar-refractivity contribution in [3.8, 4) is 0 Å². The van der Waals surface area contributed by atoms with Crippen LogP contribution in [0.5, 0.6) is 0 Å². The smallest absolute Gasteiger partial charge is 0.226 e. The van der Waals surface area contributed by atoms with Gasteiger partial charge in [-0.2, -0.15) is 4.98 Å². The number of anilines is 2. The number of aliphatic hydroxyl groups is 1. The van der Waals surface area contributed by atoms with Crippen molar-refractivity contribution in [1.82, 2.24) is 9.97 Å². The largest absolute Gasteiger partial charge is 0.394 e. The number of hydrogen-bond acceptors (Lipinski definition) is 5. The van der Waals surface area contributed by atoms with Crippen molar-refractivity contribution in [2.45, 2.75) is 25.8 Å². The molecule has 0 radical (unpaired) electrons. The van der Waals surface area contributed by atoms with Crippen LogP contribution in [-0.4, -0.2) is 41.3 Å². The minimum atomic E-state index is -0.335. The summed E-state index contributed by atoms with van der Waals surface area (Å²) in [5, 5.41) is 12.5. The molecular formula is C11H20N4O. The van der Waals surface area contributed by atoms with Crippen molar-refractivity contribution in [3.05, 3.63) is 12.3 Å². The fourth-order valence-corrected chi connectivity index (χ4v) is 1.18. The number of rotatable bonds is 5. The maximum Gasteiger partial charge on any atom is 0.226 e. The Morgan fingerprint density at radius 3 is 2.69 bits per heavy atom. The highest BCUT2D eigenvalue weighted by molar-refractivity contribution is 5.42. The summed E-state index contributed by atoms with van der Waals surface area (Å²) in [7, 11) is 3.79. The molecule has 90 valence electrons. The quantitative estimate of drug-likeness (QED) is 0.784. The van der Waals surface area contributed by atoms with Gasteiger partial charge in [-0.1, -0.05) is 6.92 Å². The van der Waals surface area contributed by atoms with Gasteiger partial charge in [-0.25, -0.2) is 4.98 Å². The zero-order chi connectivity index (χ0) is 12.2. The lowest BCUT2D eigenvalue weighted by atomic mass is 10.0. The van der Waals surface area contributed by atoms with E-state index in [1.54, 1.807) is 12.3 Å². The zero-order valence-corrected chi connectivity index (χ0v) is 10.4. The maximum absolute atomic E-state index is 9.31. The molecule has 0 aliphatic heterocycles. The van der Waals surface area contributed by atoms with E-state index in [0.717, 1.165) is 12.2 Å². The van der Waals surface area contributed by atoms with Gasteiger partial charge in [0.25, 0.3) is 0 Å². The van der Waals surface area contributed by atoms with Crippen molar-refractivity contribution < 1.29 is 5.11 Å². The highest BCUT2D eigenvalue weighted by atomic mass is 16.3. The van der Waals surface area contributed by atoms with E-state index >= 15 is 0 Å². The van der Waals surface area contributed by atoms with Crippen molar-refractivity contribution >= 4 is 11.8 Å². The predicted molar refractivity (Wildman–Crippen MR) is 65.8 cm³/mol. The van der Waals surface area contributed by atoms with E-state index in [2.05, 4.69) is 15.3 Å². The molecule has 1 atom stereocenters. The molecule has 0 bridgehead atoms. The Morgan fingerprint density at radius 1 is 1.50 bits per heavy atom. The summed E-state index contributed by atoms with van der Waals surface area (Å²) >= 11 is 0. The maximum atomic E-state index is 9.31. The van der Waals surface area contributed by atoms with Gasteiger partial charge in [0, 0.05) is 20.3 Å². The highest BCUT2D eigenvalue weighted by Gasteiger charge is 2.21. The molecule has 1 unspecified atom stereocenters. The van der Waals surface area contributed by atoms with Gasteiger partial charge in [0.15, 0.2) is 0 Å². The van der Waals surface area contributed by atoms with Gasteiger partial charge in [-0.15, -0.1) is 0 Å². The summed E-state index contributed by atoms with van der Waals surface area (Å²) in [4.78, 5) is 10.3. The number of nitrogens with one attached hydrogen (secondary N) is 1. The van der Waals surface area contributed by atoms with E-state index in [4.69, 9.17) is 0 Å². The second-order valence-corrected chi connectivity index (χ2v) is 4.33. The molecule has 1 rings (SSSR count). The number of aliphatic hydroxyl groups excluding tert-OH is 1. The summed E-state index contributed by atoms with van der Waals surface area (Å²) < 4.78 is 0. The van der Waals surface area contributed by atoms with Crippen molar-refractivity contribution in [2.75, 3.05) is 30.9 Å². The average molecular weight is 224 g/mol. The Kier molecular flexibility index (Phi) is 4.06. The molecule has 16 heavy (non-hydrogen) atoms. The first-order valence-corrected chi connectivity index (χ1v) is 5.40. The van der Waals surface area contributed by atoms with Gasteiger partial charge in [0.1, 0.15) is 5.82 Å². The molecule has 0 fully saturated rings. The van der Waals surface area contributed by atoms with Crippen LogP contribution in [0.25, 0.3) is 0 Å². The van der Waals surface area contributed by atoms with Crippen LogP contribution in [0.15, 0.2) is 12.3 Å². The SMILES string of the molecule is CCC(C)(CO)Nc1ccnc(N(C)C)n1. The Hall–Kier alpha value is -1.36. The molecule has 0 amide bonds. The van der Waals surface area contributed by atoms with Crippen LogP contribution in [0.4, 0.5) is 11.8 Å². The van der Waals surface area contributed by atoms with E-state index in [1.807, 2.05) is 32.8 Å². The van der Waals surface area contributed by atoms with Crippen molar-refractivity contribution in [2.24, 2.45) is 0 Å². The third-order valence-corrected chi connectivity index (χ3v) is 2.60. The Bertz CT molecular complexity index is 337. The molecule has 0 aliphatic carbocycles. The molecular weight excluding hydrogens is 204 g/mol. The van der Waals surface area contributed by atoms with Crippen LogP contribution >= 0.6 is 0 Å². The van der Waals surface area contributed by atoms with Gasteiger partial charge in [0.05, 0.1) is 12.1 Å². The van der Waals surface area contributed by atoms with Gasteiger partial charge in [-0.05, 0) is 19.4 Å². The van der Waals surface area contributed by atoms with Gasteiger partial charge in [-0.3, -0.25) is 0 Å². The van der Waals surface area contributed by atoms with Gasteiger partial charge in [0.2, 0.25) is 5.95 Å². The lowest BCUT2D eigenvalue weighted by Gasteiger charge is -2.28. The van der Waals surface area contributed by atoms with Crippen LogP contribution in [-0.2, 0) is 0 Å². The fraction of sp³-hybridized carbons (Fsp3) is 0.636. The molecule has 0 saturated carbocycles. The van der Waals surface area contributed by atoms with Gasteiger partial charge < -0.3 is 15.3 Å². The van der Waals surface area contributed by atoms with Crippen LogP contribution in [0.3, 0.4) is 0 Å². The number of nitrogens with zero attached hydrogens (tertiary/aromatic N) is 3. The van der Waals surface area contributed by atoms with Crippen LogP contribution in [0.2, 0.25) is 0 Å². The van der Waals surface area contributed by atoms with Crippen molar-refractivity contribution in [3.63, 3.8) is 0 Å². The third kappa shape index (κ3) is 3.06. The molecule has 0 aromatic carbocycles. The average Bonchev–Trinajstić information content (AvgIpc) is 2.29. The molecule has 5 heteroatoms. The predicted octanol–water partition coefficient (Wildman–Crippen LogP) is 1.12. The molecule has 0 aliphatic rings. The minimum Gasteiger partial charge on any atom is -0.394 e. The Morgan fingerprint density at radius 2 is 2.19 bits per heavy atom. The summed E-state index contributed by atoms with van der Waals surface area (Å²) in [5.41, 5.74) is -0.335. The first-order chi connectivity index (χ1) is 7.50. The molecule has 0 saturated heterocycles. The summed E-state index contributed by atoms with van der Waals surface area (Å²) in [6.07, 6.45) is 2.53. The van der Waals surface area contributed by atoms with E-state index in [0.29, 0.717) is 5.95 Å². The van der Waals surface area contributed by atoms with Gasteiger partial charge >= 0.3 is 0 Å². The standard InChI is InChI=1S/C11H20N4O/c1-5-11(2,8-16)14-9-6-7-12-10(13-9)15(3)4/h6-7,16H,5,8H2,1-4H3,(H,12,13,14). The first kappa shape index (κ1) is 12.7. The van der Waals surface area contributed by atoms with Crippen molar-refractivity contribution in [1.29, 1.82) is 0 Å². The Balaban J connectivity index is 2.85. The fourth-order valence-electron chi connectivity index (χ4n) is 1.18. The summed E-state index contributed by atoms with van der Waals surface area (Å²) in [6, 6.07) is 1.80. The monoisotopic (exact) mass is 224 g/mol. The number of aromatic nitrogens is 2. The van der Waals surface area contributed by atoms with Crippen LogP contribution in [0, 0.1) is 0 Å². The molecule has 1 aromatic heterocycles. The Labute approximate surface area is 96.5 Å². The number of hydrogen-bond donors (Lipinski definition) is 2. The van der Waals surface area contributed by atoms with Crippen LogP contribution < -0.4 is 10.2 Å². The minimum absolute atomic E-state index is 0.0742. The molecule has 2 N–H and O–H groups in total. The first-order valence-electron chi connectivity index (χ1n) is 5.40. The molecule has 0 spiro atoms. The lowest BCUT2D eigenvalue weighted by Crippen LogP contribution is -2.38. The van der Waals surface area contributed by atoms with E-state index in [-0.39, 0.29) is 12.1 Å². The summed E-state index contributed by atoms with van der Waals surface area (Å²) in [6.45, 7) is 4.06.